The molecule has 5 nitrogen and oxygen atoms in total. The number of aromatic amines is 1. The van der Waals surface area contributed by atoms with E-state index in [2.05, 4.69) is 15.5 Å². The molecule has 2 heterocycles. The molecule has 0 spiro atoms. The van der Waals surface area contributed by atoms with Crippen molar-refractivity contribution in [3.63, 3.8) is 0 Å². The number of H-pyrrole nitrogens is 1. The van der Waals surface area contributed by atoms with Crippen molar-refractivity contribution in [3.8, 4) is 0 Å². The minimum atomic E-state index is 0.0484. The van der Waals surface area contributed by atoms with Crippen molar-refractivity contribution < 1.29 is 4.79 Å². The van der Waals surface area contributed by atoms with Gasteiger partial charge in [-0.3, -0.25) is 9.89 Å². The Morgan fingerprint density at radius 3 is 2.94 bits per heavy atom. The molecule has 0 saturated carbocycles. The van der Waals surface area contributed by atoms with E-state index in [1.54, 1.807) is 17.3 Å². The Hall–Kier alpha value is -1.36. The summed E-state index contributed by atoms with van der Waals surface area (Å²) in [5.41, 5.74) is 0.636. The number of carbonyl (C=O) groups is 1. The maximum Gasteiger partial charge on any atom is 0.256 e. The van der Waals surface area contributed by atoms with Crippen LogP contribution in [0.3, 0.4) is 0 Å². The van der Waals surface area contributed by atoms with E-state index < -0.39 is 0 Å². The summed E-state index contributed by atoms with van der Waals surface area (Å²) in [6.07, 6.45) is 5.52. The topological polar surface area (TPSA) is 61.0 Å². The molecule has 1 amide bonds. The van der Waals surface area contributed by atoms with Crippen LogP contribution in [0, 0.1) is 5.92 Å². The number of rotatable bonds is 3. The summed E-state index contributed by atoms with van der Waals surface area (Å²) in [6.45, 7) is 2.97. The first-order valence-corrected chi connectivity index (χ1v) is 5.72. The highest BCUT2D eigenvalue weighted by Crippen LogP contribution is 2.13. The van der Waals surface area contributed by atoms with E-state index in [0.29, 0.717) is 11.5 Å². The predicted octanol–water partition coefficient (Wildman–Crippen LogP) is 0.481. The Balaban J connectivity index is 1.87. The van der Waals surface area contributed by atoms with E-state index in [0.717, 1.165) is 32.5 Å². The predicted molar refractivity (Wildman–Crippen MR) is 61.1 cm³/mol. The second kappa shape index (κ2) is 5.12. The number of aromatic nitrogens is 2. The molecule has 0 bridgehead atoms. The normalized spacial score (nSPS) is 17.3. The van der Waals surface area contributed by atoms with Gasteiger partial charge in [0.05, 0.1) is 11.8 Å². The Morgan fingerprint density at radius 2 is 2.31 bits per heavy atom. The van der Waals surface area contributed by atoms with Gasteiger partial charge in [-0.1, -0.05) is 0 Å². The third-order valence-electron chi connectivity index (χ3n) is 3.08. The molecule has 2 N–H and O–H groups in total. The molecule has 0 aromatic carbocycles. The first-order chi connectivity index (χ1) is 7.77. The SMILES string of the molecule is CN(CC1CCNCC1)C(=O)c1cn[nH]c1. The summed E-state index contributed by atoms with van der Waals surface area (Å²) in [6, 6.07) is 0. The number of nitrogens with one attached hydrogen (secondary N) is 2. The molecule has 1 aliphatic rings. The van der Waals surface area contributed by atoms with Crippen LogP contribution in [0.2, 0.25) is 0 Å². The first kappa shape index (κ1) is 11.1. The summed E-state index contributed by atoms with van der Waals surface area (Å²) in [5.74, 6) is 0.675. The van der Waals surface area contributed by atoms with Crippen molar-refractivity contribution in [1.82, 2.24) is 20.4 Å². The third-order valence-corrected chi connectivity index (χ3v) is 3.08. The van der Waals surface area contributed by atoms with Gasteiger partial charge in [-0.25, -0.2) is 0 Å². The standard InChI is InChI=1S/C11H18N4O/c1-15(8-9-2-4-12-5-3-9)11(16)10-6-13-14-7-10/h6-7,9,12H,2-5,8H2,1H3,(H,13,14). The quantitative estimate of drug-likeness (QED) is 0.782. The summed E-state index contributed by atoms with van der Waals surface area (Å²) < 4.78 is 0. The van der Waals surface area contributed by atoms with Crippen LogP contribution in [-0.2, 0) is 0 Å². The van der Waals surface area contributed by atoms with Gasteiger partial charge in [0.15, 0.2) is 0 Å². The molecule has 88 valence electrons. The molecular formula is C11H18N4O. The lowest BCUT2D eigenvalue weighted by Crippen LogP contribution is -2.37. The molecule has 0 aliphatic carbocycles. The van der Waals surface area contributed by atoms with Gasteiger partial charge in [-0.2, -0.15) is 5.10 Å². The van der Waals surface area contributed by atoms with Crippen LogP contribution in [0.1, 0.15) is 23.2 Å². The first-order valence-electron chi connectivity index (χ1n) is 5.72. The average Bonchev–Trinajstić information content (AvgIpc) is 2.83. The van der Waals surface area contributed by atoms with E-state index in [4.69, 9.17) is 0 Å². The fourth-order valence-electron chi connectivity index (χ4n) is 2.12. The van der Waals surface area contributed by atoms with E-state index in [1.807, 2.05) is 7.05 Å². The van der Waals surface area contributed by atoms with E-state index >= 15 is 0 Å². The van der Waals surface area contributed by atoms with Crippen molar-refractivity contribution in [1.29, 1.82) is 0 Å². The highest BCUT2D eigenvalue weighted by molar-refractivity contribution is 5.93. The molecule has 1 aromatic heterocycles. The van der Waals surface area contributed by atoms with E-state index in [-0.39, 0.29) is 5.91 Å². The Labute approximate surface area is 95.2 Å². The molecule has 0 atom stereocenters. The maximum atomic E-state index is 11.9. The zero-order chi connectivity index (χ0) is 11.4. The molecule has 0 unspecified atom stereocenters. The average molecular weight is 222 g/mol. The number of amides is 1. The van der Waals surface area contributed by atoms with E-state index in [9.17, 15) is 4.79 Å². The van der Waals surface area contributed by atoms with Crippen molar-refractivity contribution >= 4 is 5.91 Å². The van der Waals surface area contributed by atoms with E-state index in [1.165, 1.54) is 0 Å². The third kappa shape index (κ3) is 2.61. The number of hydrogen-bond acceptors (Lipinski definition) is 3. The van der Waals surface area contributed by atoms with Crippen LogP contribution in [0.4, 0.5) is 0 Å². The second-order valence-corrected chi connectivity index (χ2v) is 4.37. The summed E-state index contributed by atoms with van der Waals surface area (Å²) in [4.78, 5) is 13.7. The number of carbonyl (C=O) groups excluding carboxylic acids is 1. The Bertz CT molecular complexity index is 330. The molecule has 2 rings (SSSR count). The van der Waals surface area contributed by atoms with Crippen LogP contribution >= 0.6 is 0 Å². The smallest absolute Gasteiger partial charge is 0.256 e. The van der Waals surface area contributed by atoms with Crippen molar-refractivity contribution in [2.75, 3.05) is 26.7 Å². The van der Waals surface area contributed by atoms with Gasteiger partial charge < -0.3 is 10.2 Å². The summed E-state index contributed by atoms with van der Waals surface area (Å²) >= 11 is 0. The molecule has 1 aromatic rings. The minimum absolute atomic E-state index is 0.0484. The summed E-state index contributed by atoms with van der Waals surface area (Å²) in [5, 5.41) is 9.78. The van der Waals surface area contributed by atoms with Gasteiger partial charge in [0, 0.05) is 19.8 Å². The lowest BCUT2D eigenvalue weighted by atomic mass is 9.97. The van der Waals surface area contributed by atoms with Crippen molar-refractivity contribution in [2.24, 2.45) is 5.92 Å². The van der Waals surface area contributed by atoms with Gasteiger partial charge in [-0.15, -0.1) is 0 Å². The van der Waals surface area contributed by atoms with Gasteiger partial charge in [0.2, 0.25) is 0 Å². The Kier molecular flexibility index (Phi) is 3.56. The lowest BCUT2D eigenvalue weighted by Gasteiger charge is -2.27. The van der Waals surface area contributed by atoms with Crippen molar-refractivity contribution in [3.05, 3.63) is 18.0 Å². The Morgan fingerprint density at radius 1 is 1.56 bits per heavy atom. The molecule has 1 fully saturated rings. The zero-order valence-corrected chi connectivity index (χ0v) is 9.57. The molecule has 5 heteroatoms. The zero-order valence-electron chi connectivity index (χ0n) is 9.57. The second-order valence-electron chi connectivity index (χ2n) is 4.37. The van der Waals surface area contributed by atoms with Gasteiger partial charge >= 0.3 is 0 Å². The minimum Gasteiger partial charge on any atom is -0.341 e. The van der Waals surface area contributed by atoms with Crippen LogP contribution in [-0.4, -0.2) is 47.7 Å². The lowest BCUT2D eigenvalue weighted by molar-refractivity contribution is 0.0763. The van der Waals surface area contributed by atoms with Crippen molar-refractivity contribution in [2.45, 2.75) is 12.8 Å². The molecular weight excluding hydrogens is 204 g/mol. The van der Waals surface area contributed by atoms with Gasteiger partial charge in [0.1, 0.15) is 0 Å². The monoisotopic (exact) mass is 222 g/mol. The van der Waals surface area contributed by atoms with Crippen LogP contribution in [0.5, 0.6) is 0 Å². The number of hydrogen-bond donors (Lipinski definition) is 2. The molecule has 0 radical (unpaired) electrons. The maximum absolute atomic E-state index is 11.9. The number of nitrogens with zero attached hydrogens (tertiary/aromatic N) is 2. The van der Waals surface area contributed by atoms with Crippen LogP contribution < -0.4 is 5.32 Å². The van der Waals surface area contributed by atoms with Crippen LogP contribution in [0.15, 0.2) is 12.4 Å². The fraction of sp³-hybridized carbons (Fsp3) is 0.636. The summed E-state index contributed by atoms with van der Waals surface area (Å²) in [7, 11) is 1.86. The van der Waals surface area contributed by atoms with Gasteiger partial charge in [0.25, 0.3) is 5.91 Å². The highest BCUT2D eigenvalue weighted by Gasteiger charge is 2.19. The molecule has 16 heavy (non-hydrogen) atoms. The molecule has 1 saturated heterocycles. The van der Waals surface area contributed by atoms with Crippen LogP contribution in [0.25, 0.3) is 0 Å². The van der Waals surface area contributed by atoms with Gasteiger partial charge in [-0.05, 0) is 31.8 Å². The fourth-order valence-corrected chi connectivity index (χ4v) is 2.12. The number of piperidine rings is 1. The molecule has 1 aliphatic heterocycles. The highest BCUT2D eigenvalue weighted by atomic mass is 16.2. The largest absolute Gasteiger partial charge is 0.341 e.